The average Bonchev–Trinajstić information content (AvgIpc) is 3.00. The van der Waals surface area contributed by atoms with Crippen LogP contribution in [0.1, 0.15) is 18.3 Å². The van der Waals surface area contributed by atoms with Crippen LogP contribution in [0, 0.1) is 0 Å². The number of fused-ring (bicyclic) bond motifs is 1. The van der Waals surface area contributed by atoms with Crippen molar-refractivity contribution in [2.24, 2.45) is 0 Å². The first-order chi connectivity index (χ1) is 11.2. The van der Waals surface area contributed by atoms with Crippen LogP contribution in [-0.2, 0) is 17.6 Å². The number of aryl methyl sites for hydroxylation is 1. The summed E-state index contributed by atoms with van der Waals surface area (Å²) in [5.74, 6) is 1.55. The Balaban J connectivity index is 1.76. The number of rotatable bonds is 5. The van der Waals surface area contributed by atoms with Gasteiger partial charge in [-0.15, -0.1) is 10.2 Å². The number of carbonyl (C=O) groups excluding carboxylic acids is 1. The molecule has 6 heteroatoms. The van der Waals surface area contributed by atoms with Gasteiger partial charge < -0.3 is 10.1 Å². The highest BCUT2D eigenvalue weighted by molar-refractivity contribution is 5.95. The van der Waals surface area contributed by atoms with Crippen molar-refractivity contribution in [2.45, 2.75) is 19.8 Å². The maximum absolute atomic E-state index is 12.3. The normalized spacial score (nSPS) is 10.7. The molecule has 0 aliphatic carbocycles. The van der Waals surface area contributed by atoms with Gasteiger partial charge >= 0.3 is 0 Å². The van der Waals surface area contributed by atoms with Gasteiger partial charge in [0.05, 0.1) is 19.2 Å². The van der Waals surface area contributed by atoms with E-state index in [1.165, 1.54) is 0 Å². The summed E-state index contributed by atoms with van der Waals surface area (Å²) < 4.78 is 7.00. The molecule has 1 aromatic carbocycles. The lowest BCUT2D eigenvalue weighted by Crippen LogP contribution is -2.15. The monoisotopic (exact) mass is 310 g/mol. The fraction of sp³-hybridized carbons (Fsp3) is 0.235. The highest BCUT2D eigenvalue weighted by Gasteiger charge is 2.11. The molecule has 0 saturated carbocycles. The van der Waals surface area contributed by atoms with Gasteiger partial charge in [0.15, 0.2) is 5.65 Å². The molecule has 0 radical (unpaired) electrons. The lowest BCUT2D eigenvalue weighted by atomic mass is 10.1. The van der Waals surface area contributed by atoms with Gasteiger partial charge in [-0.05, 0) is 29.8 Å². The highest BCUT2D eigenvalue weighted by atomic mass is 16.5. The van der Waals surface area contributed by atoms with Gasteiger partial charge in [0.1, 0.15) is 11.6 Å². The van der Waals surface area contributed by atoms with E-state index in [4.69, 9.17) is 4.74 Å². The molecule has 0 saturated heterocycles. The zero-order chi connectivity index (χ0) is 16.2. The Morgan fingerprint density at radius 1 is 1.22 bits per heavy atom. The van der Waals surface area contributed by atoms with E-state index < -0.39 is 0 Å². The molecule has 0 unspecified atom stereocenters. The molecule has 23 heavy (non-hydrogen) atoms. The van der Waals surface area contributed by atoms with Crippen molar-refractivity contribution < 1.29 is 9.53 Å². The van der Waals surface area contributed by atoms with Crippen molar-refractivity contribution in [3.05, 3.63) is 54.0 Å². The molecule has 0 spiro atoms. The Kier molecular flexibility index (Phi) is 4.23. The SMILES string of the molecule is CCc1nnc2c(NC(=O)Cc3ccc(OC)cc3)cccn12. The van der Waals surface area contributed by atoms with Gasteiger partial charge in [0, 0.05) is 12.6 Å². The molecule has 0 aliphatic rings. The zero-order valence-corrected chi connectivity index (χ0v) is 13.1. The Labute approximate surface area is 134 Å². The van der Waals surface area contributed by atoms with Crippen LogP contribution in [0.3, 0.4) is 0 Å². The minimum absolute atomic E-state index is 0.0932. The number of nitrogens with one attached hydrogen (secondary N) is 1. The maximum atomic E-state index is 12.3. The predicted molar refractivity (Wildman–Crippen MR) is 87.7 cm³/mol. The largest absolute Gasteiger partial charge is 0.497 e. The third-order valence-electron chi connectivity index (χ3n) is 3.62. The maximum Gasteiger partial charge on any atom is 0.228 e. The summed E-state index contributed by atoms with van der Waals surface area (Å²) in [6.45, 7) is 2.02. The van der Waals surface area contributed by atoms with Crippen LogP contribution in [0.15, 0.2) is 42.6 Å². The minimum Gasteiger partial charge on any atom is -0.497 e. The second kappa shape index (κ2) is 6.48. The van der Waals surface area contributed by atoms with Gasteiger partial charge in [-0.2, -0.15) is 0 Å². The van der Waals surface area contributed by atoms with Gasteiger partial charge in [-0.1, -0.05) is 19.1 Å². The molecule has 1 amide bonds. The van der Waals surface area contributed by atoms with Crippen LogP contribution in [0.2, 0.25) is 0 Å². The van der Waals surface area contributed by atoms with E-state index in [1.54, 1.807) is 7.11 Å². The minimum atomic E-state index is -0.0932. The first-order valence-electron chi connectivity index (χ1n) is 7.46. The Morgan fingerprint density at radius 3 is 2.70 bits per heavy atom. The smallest absolute Gasteiger partial charge is 0.228 e. The second-order valence-corrected chi connectivity index (χ2v) is 5.16. The Bertz CT molecular complexity index is 824. The van der Waals surface area contributed by atoms with Crippen LogP contribution in [0.4, 0.5) is 5.69 Å². The molecule has 0 atom stereocenters. The van der Waals surface area contributed by atoms with E-state index in [1.807, 2.05) is 53.9 Å². The van der Waals surface area contributed by atoms with Gasteiger partial charge in [0.2, 0.25) is 5.91 Å². The van der Waals surface area contributed by atoms with Crippen molar-refractivity contribution in [3.8, 4) is 5.75 Å². The highest BCUT2D eigenvalue weighted by Crippen LogP contribution is 2.17. The third kappa shape index (κ3) is 3.15. The van der Waals surface area contributed by atoms with Gasteiger partial charge in [0.25, 0.3) is 0 Å². The number of pyridine rings is 1. The molecule has 3 rings (SSSR count). The first kappa shape index (κ1) is 15.0. The van der Waals surface area contributed by atoms with Crippen LogP contribution in [0.5, 0.6) is 5.75 Å². The van der Waals surface area contributed by atoms with Crippen molar-refractivity contribution >= 4 is 17.2 Å². The van der Waals surface area contributed by atoms with E-state index >= 15 is 0 Å². The Morgan fingerprint density at radius 2 is 2.00 bits per heavy atom. The lowest BCUT2D eigenvalue weighted by Gasteiger charge is -2.07. The number of ether oxygens (including phenoxy) is 1. The molecule has 2 aromatic heterocycles. The molecule has 118 valence electrons. The van der Waals surface area contributed by atoms with Crippen molar-refractivity contribution in [1.82, 2.24) is 14.6 Å². The van der Waals surface area contributed by atoms with E-state index in [9.17, 15) is 4.79 Å². The van der Waals surface area contributed by atoms with Crippen LogP contribution in [-0.4, -0.2) is 27.6 Å². The number of benzene rings is 1. The molecule has 1 N–H and O–H groups in total. The number of amides is 1. The van der Waals surface area contributed by atoms with Crippen molar-refractivity contribution in [3.63, 3.8) is 0 Å². The van der Waals surface area contributed by atoms with E-state index in [2.05, 4.69) is 15.5 Å². The lowest BCUT2D eigenvalue weighted by molar-refractivity contribution is -0.115. The van der Waals surface area contributed by atoms with E-state index in [-0.39, 0.29) is 5.91 Å². The number of carbonyl (C=O) groups is 1. The van der Waals surface area contributed by atoms with Crippen molar-refractivity contribution in [2.75, 3.05) is 12.4 Å². The van der Waals surface area contributed by atoms with Crippen LogP contribution >= 0.6 is 0 Å². The zero-order valence-electron chi connectivity index (χ0n) is 13.1. The number of nitrogens with zero attached hydrogens (tertiary/aromatic N) is 3. The molecule has 3 aromatic rings. The summed E-state index contributed by atoms with van der Waals surface area (Å²) in [6.07, 6.45) is 2.97. The summed E-state index contributed by atoms with van der Waals surface area (Å²) in [4.78, 5) is 12.3. The first-order valence-corrected chi connectivity index (χ1v) is 7.46. The number of aromatic nitrogens is 3. The topological polar surface area (TPSA) is 68.5 Å². The van der Waals surface area contributed by atoms with Gasteiger partial charge in [-0.3, -0.25) is 9.20 Å². The summed E-state index contributed by atoms with van der Waals surface area (Å²) >= 11 is 0. The average molecular weight is 310 g/mol. The van der Waals surface area contributed by atoms with E-state index in [0.29, 0.717) is 17.8 Å². The molecule has 6 nitrogen and oxygen atoms in total. The molecule has 0 aliphatic heterocycles. The molecule has 0 bridgehead atoms. The molecular weight excluding hydrogens is 292 g/mol. The number of methoxy groups -OCH3 is 1. The van der Waals surface area contributed by atoms with Crippen molar-refractivity contribution in [1.29, 1.82) is 0 Å². The summed E-state index contributed by atoms with van der Waals surface area (Å²) in [6, 6.07) is 11.1. The van der Waals surface area contributed by atoms with Gasteiger partial charge in [-0.25, -0.2) is 0 Å². The summed E-state index contributed by atoms with van der Waals surface area (Å²) in [5, 5.41) is 11.2. The number of anilines is 1. The summed E-state index contributed by atoms with van der Waals surface area (Å²) in [7, 11) is 1.62. The summed E-state index contributed by atoms with van der Waals surface area (Å²) in [5.41, 5.74) is 2.25. The fourth-order valence-corrected chi connectivity index (χ4v) is 2.43. The fourth-order valence-electron chi connectivity index (χ4n) is 2.43. The second-order valence-electron chi connectivity index (χ2n) is 5.16. The van der Waals surface area contributed by atoms with Crippen LogP contribution < -0.4 is 10.1 Å². The Hall–Kier alpha value is -2.89. The number of hydrogen-bond acceptors (Lipinski definition) is 4. The third-order valence-corrected chi connectivity index (χ3v) is 3.62. The van der Waals surface area contributed by atoms with Crippen LogP contribution in [0.25, 0.3) is 5.65 Å². The quantitative estimate of drug-likeness (QED) is 0.786. The predicted octanol–water partition coefficient (Wildman–Crippen LogP) is 2.48. The number of hydrogen-bond donors (Lipinski definition) is 1. The molecular formula is C17H18N4O2. The van der Waals surface area contributed by atoms with E-state index in [0.717, 1.165) is 23.6 Å². The molecule has 2 heterocycles. The molecule has 0 fully saturated rings. The standard InChI is InChI=1S/C17H18N4O2/c1-3-15-19-20-17-14(5-4-10-21(15)17)18-16(22)11-12-6-8-13(23-2)9-7-12/h4-10H,3,11H2,1-2H3,(H,18,22).